The lowest BCUT2D eigenvalue weighted by Crippen LogP contribution is -2.64. The van der Waals surface area contributed by atoms with E-state index in [1.807, 2.05) is 6.07 Å². The summed E-state index contributed by atoms with van der Waals surface area (Å²) < 4.78 is 42.2. The molecule has 0 aromatic heterocycles. The fourth-order valence-corrected chi connectivity index (χ4v) is 6.22. The van der Waals surface area contributed by atoms with Crippen molar-refractivity contribution < 1.29 is 52.7 Å². The molecular formula is C30H41N2O11P. The minimum atomic E-state index is -4.63. The summed E-state index contributed by atoms with van der Waals surface area (Å²) in [6.07, 6.45) is -4.53. The third-order valence-corrected chi connectivity index (χ3v) is 8.33. The number of hydrogen-bond donors (Lipinski definition) is 5. The van der Waals surface area contributed by atoms with E-state index in [0.29, 0.717) is 12.2 Å². The lowest BCUT2D eigenvalue weighted by Gasteiger charge is -2.43. The Kier molecular flexibility index (Phi) is 13.3. The zero-order valence-electron chi connectivity index (χ0n) is 24.9. The lowest BCUT2D eigenvalue weighted by atomic mass is 9.97. The van der Waals surface area contributed by atoms with Crippen LogP contribution in [-0.2, 0) is 34.8 Å². The number of rotatable bonds is 16. The van der Waals surface area contributed by atoms with Crippen molar-refractivity contribution in [3.63, 3.8) is 0 Å². The van der Waals surface area contributed by atoms with Gasteiger partial charge in [-0.05, 0) is 42.2 Å². The van der Waals surface area contributed by atoms with E-state index in [4.69, 9.17) is 23.3 Å². The molecular weight excluding hydrogens is 595 g/mol. The number of esters is 1. The first-order chi connectivity index (χ1) is 21.0. The molecule has 0 aliphatic carbocycles. The normalized spacial score (nSPS) is 23.7. The van der Waals surface area contributed by atoms with Gasteiger partial charge in [-0.3, -0.25) is 14.1 Å². The Labute approximate surface area is 256 Å². The van der Waals surface area contributed by atoms with Crippen molar-refractivity contribution >= 4 is 19.6 Å². The molecule has 242 valence electrons. The monoisotopic (exact) mass is 636 g/mol. The second-order valence-corrected chi connectivity index (χ2v) is 12.1. The number of aliphatic hydroxyl groups excluding tert-OH is 3. The van der Waals surface area contributed by atoms with Crippen molar-refractivity contribution in [3.8, 4) is 11.5 Å². The highest BCUT2D eigenvalue weighted by atomic mass is 31.2. The Morgan fingerprint density at radius 2 is 1.75 bits per heavy atom. The van der Waals surface area contributed by atoms with E-state index in [2.05, 4.69) is 17.0 Å². The molecule has 1 heterocycles. The average molecular weight is 637 g/mol. The van der Waals surface area contributed by atoms with Gasteiger partial charge in [0.25, 0.3) is 0 Å². The average Bonchev–Trinajstić information content (AvgIpc) is 3.01. The van der Waals surface area contributed by atoms with Gasteiger partial charge in [-0.25, -0.2) is 4.57 Å². The Morgan fingerprint density at radius 3 is 2.34 bits per heavy atom. The van der Waals surface area contributed by atoms with Crippen LogP contribution in [0, 0.1) is 5.92 Å². The van der Waals surface area contributed by atoms with Crippen LogP contribution in [0.1, 0.15) is 32.3 Å². The lowest BCUT2D eigenvalue weighted by molar-refractivity contribution is -0.249. The fraction of sp³-hybridized carbons (Fsp3) is 0.467. The van der Waals surface area contributed by atoms with Gasteiger partial charge >= 0.3 is 13.7 Å². The standard InChI is InChI=1S/C30H41N2O11P/c1-5-6-12-24(34)31-26-27(35)28(23(17-33)41-30(26)37)43-44(38,42-22-15-13-21(39-4)14-16-22)32-25(19(2)3)29(36)40-18-20-10-8-7-9-11-20/h5,7-11,13-16,19,23,25-28,30,33,35,37H,1,6,12,17-18H2,2-4H3,(H,31,34)(H,32,38)/t23-,25?,26-,27-,28-,30+,44?/m1/s1. The zero-order chi connectivity index (χ0) is 32.3. The van der Waals surface area contributed by atoms with Gasteiger partial charge in [0.2, 0.25) is 5.91 Å². The Hall–Kier alpha value is -3.29. The number of allylic oxidation sites excluding steroid dienone is 1. The molecule has 14 heteroatoms. The number of aliphatic hydroxyl groups is 3. The minimum Gasteiger partial charge on any atom is -0.497 e. The van der Waals surface area contributed by atoms with E-state index < -0.39 is 68.8 Å². The summed E-state index contributed by atoms with van der Waals surface area (Å²) in [4.78, 5) is 25.6. The van der Waals surface area contributed by atoms with E-state index in [0.717, 1.165) is 5.56 Å². The Balaban J connectivity index is 1.90. The van der Waals surface area contributed by atoms with E-state index >= 15 is 0 Å². The number of hydrogen-bond acceptors (Lipinski definition) is 11. The van der Waals surface area contributed by atoms with E-state index in [1.165, 1.54) is 25.3 Å². The first-order valence-electron chi connectivity index (χ1n) is 14.1. The van der Waals surface area contributed by atoms with Gasteiger partial charge in [-0.2, -0.15) is 5.09 Å². The molecule has 1 aliphatic rings. The third-order valence-electron chi connectivity index (χ3n) is 6.76. The maximum absolute atomic E-state index is 14.5. The smallest absolute Gasteiger partial charge is 0.459 e. The molecule has 44 heavy (non-hydrogen) atoms. The largest absolute Gasteiger partial charge is 0.497 e. The molecule has 3 rings (SSSR count). The van der Waals surface area contributed by atoms with Crippen molar-refractivity contribution in [2.75, 3.05) is 13.7 Å². The molecule has 2 aromatic rings. The molecule has 1 saturated heterocycles. The van der Waals surface area contributed by atoms with Crippen molar-refractivity contribution in [1.29, 1.82) is 0 Å². The molecule has 0 bridgehead atoms. The van der Waals surface area contributed by atoms with Crippen LogP contribution < -0.4 is 19.7 Å². The second kappa shape index (κ2) is 16.7. The van der Waals surface area contributed by atoms with Crippen LogP contribution in [0.5, 0.6) is 11.5 Å². The summed E-state index contributed by atoms with van der Waals surface area (Å²) in [6.45, 7) is 6.15. The number of amides is 1. The van der Waals surface area contributed by atoms with Crippen LogP contribution in [-0.4, -0.2) is 77.6 Å². The molecule has 2 aromatic carbocycles. The van der Waals surface area contributed by atoms with Gasteiger partial charge < -0.3 is 39.4 Å². The summed E-state index contributed by atoms with van der Waals surface area (Å²) in [5.41, 5.74) is 0.741. The predicted octanol–water partition coefficient (Wildman–Crippen LogP) is 2.45. The number of carbonyl (C=O) groups excluding carboxylic acids is 2. The molecule has 0 spiro atoms. The first kappa shape index (κ1) is 35.2. The van der Waals surface area contributed by atoms with Crippen molar-refractivity contribution in [2.45, 2.75) is 70.0 Å². The highest BCUT2D eigenvalue weighted by molar-refractivity contribution is 7.52. The zero-order valence-corrected chi connectivity index (χ0v) is 25.8. The van der Waals surface area contributed by atoms with Gasteiger partial charge in [-0.15, -0.1) is 6.58 Å². The fourth-order valence-electron chi connectivity index (χ4n) is 4.34. The van der Waals surface area contributed by atoms with Gasteiger partial charge in [0.1, 0.15) is 48.5 Å². The number of methoxy groups -OCH3 is 1. The van der Waals surface area contributed by atoms with Crippen molar-refractivity contribution in [2.24, 2.45) is 5.92 Å². The molecule has 13 nitrogen and oxygen atoms in total. The van der Waals surface area contributed by atoms with Crippen LogP contribution in [0.2, 0.25) is 0 Å². The highest BCUT2D eigenvalue weighted by Crippen LogP contribution is 2.49. The van der Waals surface area contributed by atoms with Gasteiger partial charge in [0.05, 0.1) is 13.7 Å². The molecule has 7 atom stereocenters. The molecule has 1 fully saturated rings. The summed E-state index contributed by atoms with van der Waals surface area (Å²) in [5, 5.41) is 36.8. The molecule has 1 amide bonds. The van der Waals surface area contributed by atoms with Gasteiger partial charge in [-0.1, -0.05) is 50.3 Å². The molecule has 5 N–H and O–H groups in total. The Morgan fingerprint density at radius 1 is 1.09 bits per heavy atom. The maximum Gasteiger partial charge on any atom is 0.459 e. The van der Waals surface area contributed by atoms with Crippen molar-refractivity contribution in [3.05, 3.63) is 72.8 Å². The SMILES string of the molecule is C=CCCC(=O)N[C@@H]1[C@@H](O)[C@H](OP(=O)(NC(C(=O)OCc2ccccc2)C(C)C)Oc2ccc(OC)cc2)[C@@H](CO)O[C@@H]1O. The quantitative estimate of drug-likeness (QED) is 0.103. The van der Waals surface area contributed by atoms with Crippen molar-refractivity contribution in [1.82, 2.24) is 10.4 Å². The summed E-state index contributed by atoms with van der Waals surface area (Å²) in [7, 11) is -3.16. The van der Waals surface area contributed by atoms with E-state index in [9.17, 15) is 29.5 Å². The number of carbonyl (C=O) groups is 2. The Bertz CT molecular complexity index is 1260. The molecule has 0 saturated carbocycles. The van der Waals surface area contributed by atoms with Crippen LogP contribution in [0.4, 0.5) is 0 Å². The molecule has 1 aliphatic heterocycles. The second-order valence-electron chi connectivity index (χ2n) is 10.4. The van der Waals surface area contributed by atoms with Crippen LogP contribution >= 0.6 is 7.75 Å². The highest BCUT2D eigenvalue weighted by Gasteiger charge is 2.50. The number of nitrogens with one attached hydrogen (secondary N) is 2. The van der Waals surface area contributed by atoms with Crippen LogP contribution in [0.3, 0.4) is 0 Å². The van der Waals surface area contributed by atoms with Gasteiger partial charge in [0.15, 0.2) is 6.29 Å². The van der Waals surface area contributed by atoms with Gasteiger partial charge in [0, 0.05) is 6.42 Å². The summed E-state index contributed by atoms with van der Waals surface area (Å²) >= 11 is 0. The topological polar surface area (TPSA) is 182 Å². The third kappa shape index (κ3) is 9.86. The van der Waals surface area contributed by atoms with Crippen LogP contribution in [0.25, 0.3) is 0 Å². The summed E-state index contributed by atoms with van der Waals surface area (Å²) in [5.74, 6) is -1.19. The van der Waals surface area contributed by atoms with Crippen LogP contribution in [0.15, 0.2) is 67.3 Å². The van der Waals surface area contributed by atoms with E-state index in [1.54, 1.807) is 50.2 Å². The van der Waals surface area contributed by atoms with E-state index in [-0.39, 0.29) is 18.8 Å². The maximum atomic E-state index is 14.5. The number of ether oxygens (including phenoxy) is 3. The molecule has 0 radical (unpaired) electrons. The molecule has 2 unspecified atom stereocenters. The summed E-state index contributed by atoms with van der Waals surface area (Å²) in [6, 6.07) is 12.4. The number of benzene rings is 2. The minimum absolute atomic E-state index is 0.0240. The first-order valence-corrected chi connectivity index (χ1v) is 15.7. The predicted molar refractivity (Wildman–Crippen MR) is 159 cm³/mol.